The summed E-state index contributed by atoms with van der Waals surface area (Å²) in [6, 6.07) is 20.2. The molecule has 0 aliphatic rings. The maximum atomic E-state index is 14.1. The number of halogens is 4. The van der Waals surface area contributed by atoms with Gasteiger partial charge in [-0.15, -0.1) is 0 Å². The third-order valence-electron chi connectivity index (χ3n) is 6.90. The highest BCUT2D eigenvalue weighted by molar-refractivity contribution is 5.95. The summed E-state index contributed by atoms with van der Waals surface area (Å²) >= 11 is 0. The molecule has 0 unspecified atom stereocenters. The number of pyridine rings is 1. The zero-order chi connectivity index (χ0) is 29.1. The van der Waals surface area contributed by atoms with Crippen molar-refractivity contribution in [2.24, 2.45) is 0 Å². The van der Waals surface area contributed by atoms with Gasteiger partial charge in [0.05, 0.1) is 23.3 Å². The van der Waals surface area contributed by atoms with Gasteiger partial charge in [0.25, 0.3) is 6.43 Å². The van der Waals surface area contributed by atoms with E-state index in [2.05, 4.69) is 9.97 Å². The smallest absolute Gasteiger partial charge is 0.295 e. The van der Waals surface area contributed by atoms with Crippen molar-refractivity contribution in [3.63, 3.8) is 0 Å². The Morgan fingerprint density at radius 2 is 1.66 bits per heavy atom. The van der Waals surface area contributed by atoms with E-state index < -0.39 is 29.8 Å². The molecular weight excluding hydrogens is 534 g/mol. The number of carbonyl (C=O) groups excluding carboxylic acids is 2. The van der Waals surface area contributed by atoms with Crippen molar-refractivity contribution in [2.45, 2.75) is 38.7 Å². The van der Waals surface area contributed by atoms with Crippen molar-refractivity contribution in [3.05, 3.63) is 119 Å². The Morgan fingerprint density at radius 3 is 2.39 bits per heavy atom. The molecule has 0 spiro atoms. The van der Waals surface area contributed by atoms with E-state index in [4.69, 9.17) is 0 Å². The van der Waals surface area contributed by atoms with Crippen molar-refractivity contribution in [1.82, 2.24) is 14.5 Å². The van der Waals surface area contributed by atoms with Crippen molar-refractivity contribution >= 4 is 22.6 Å². The summed E-state index contributed by atoms with van der Waals surface area (Å²) in [5.74, 6) is -3.19. The first-order valence-corrected chi connectivity index (χ1v) is 13.0. The maximum Gasteiger partial charge on any atom is 0.295 e. The highest BCUT2D eigenvalue weighted by atomic mass is 19.3. The van der Waals surface area contributed by atoms with Crippen LogP contribution >= 0.6 is 0 Å². The monoisotopic (exact) mass is 559 g/mol. The van der Waals surface area contributed by atoms with E-state index in [1.54, 1.807) is 66.9 Å². The predicted octanol–water partition coefficient (Wildman–Crippen LogP) is 7.50. The Labute approximate surface area is 233 Å². The minimum absolute atomic E-state index is 0.0587. The summed E-state index contributed by atoms with van der Waals surface area (Å²) < 4.78 is 57.1. The second-order valence-electron chi connectivity index (χ2n) is 9.84. The summed E-state index contributed by atoms with van der Waals surface area (Å²) in [4.78, 5) is 34.1. The molecule has 0 saturated heterocycles. The summed E-state index contributed by atoms with van der Waals surface area (Å²) in [5, 5.41) is 0. The summed E-state index contributed by atoms with van der Waals surface area (Å²) in [5.41, 5.74) is 3.37. The molecule has 5 aromatic rings. The average molecular weight is 560 g/mol. The van der Waals surface area contributed by atoms with Gasteiger partial charge in [0.2, 0.25) is 0 Å². The second-order valence-corrected chi connectivity index (χ2v) is 9.84. The zero-order valence-electron chi connectivity index (χ0n) is 22.0. The Kier molecular flexibility index (Phi) is 8.05. The number of ketones is 2. The summed E-state index contributed by atoms with van der Waals surface area (Å²) in [6.07, 6.45) is -1.43. The lowest BCUT2D eigenvalue weighted by Crippen LogP contribution is -2.18. The molecule has 208 valence electrons. The van der Waals surface area contributed by atoms with Gasteiger partial charge in [-0.3, -0.25) is 14.6 Å². The normalized spacial score (nSPS) is 12.1. The molecule has 3 aromatic carbocycles. The van der Waals surface area contributed by atoms with Crippen LogP contribution in [-0.2, 0) is 17.8 Å². The fraction of sp³-hybridized carbons (Fsp3) is 0.188. The van der Waals surface area contributed by atoms with Crippen molar-refractivity contribution in [2.75, 3.05) is 0 Å². The van der Waals surface area contributed by atoms with Gasteiger partial charge in [-0.25, -0.2) is 22.5 Å². The number of aromatic nitrogens is 3. The number of rotatable bonds is 10. The van der Waals surface area contributed by atoms with Gasteiger partial charge < -0.3 is 4.57 Å². The van der Waals surface area contributed by atoms with Gasteiger partial charge in [-0.2, -0.15) is 0 Å². The fourth-order valence-corrected chi connectivity index (χ4v) is 5.11. The lowest BCUT2D eigenvalue weighted by Gasteiger charge is -2.20. The first kappa shape index (κ1) is 27.9. The predicted molar refractivity (Wildman–Crippen MR) is 147 cm³/mol. The minimum atomic E-state index is -2.89. The van der Waals surface area contributed by atoms with Crippen molar-refractivity contribution in [1.29, 1.82) is 0 Å². The molecule has 0 saturated carbocycles. The Balaban J connectivity index is 1.54. The van der Waals surface area contributed by atoms with Crippen LogP contribution in [0.4, 0.5) is 17.6 Å². The van der Waals surface area contributed by atoms with Crippen LogP contribution in [0.15, 0.2) is 85.1 Å². The number of fused-ring (bicyclic) bond motifs is 1. The molecule has 0 fully saturated rings. The Hall–Kier alpha value is -4.66. The first-order valence-electron chi connectivity index (χ1n) is 13.0. The average Bonchev–Trinajstić information content (AvgIpc) is 3.31. The van der Waals surface area contributed by atoms with Gasteiger partial charge in [-0.1, -0.05) is 36.4 Å². The van der Waals surface area contributed by atoms with Crippen molar-refractivity contribution in [3.8, 4) is 11.1 Å². The van der Waals surface area contributed by atoms with Crippen LogP contribution in [0.25, 0.3) is 22.2 Å². The second kappa shape index (κ2) is 11.8. The fourth-order valence-electron chi connectivity index (χ4n) is 5.11. The topological polar surface area (TPSA) is 64.8 Å². The van der Waals surface area contributed by atoms with Crippen LogP contribution in [0.2, 0.25) is 0 Å². The lowest BCUT2D eigenvalue weighted by atomic mass is 9.86. The number of carbonyl (C=O) groups is 2. The number of para-hydroxylation sites is 2. The molecular formula is C32H25F4N3O2. The van der Waals surface area contributed by atoms with Gasteiger partial charge in [0, 0.05) is 35.7 Å². The number of nitrogens with zero attached hydrogens (tertiary/aromatic N) is 3. The summed E-state index contributed by atoms with van der Waals surface area (Å²) in [7, 11) is 0. The van der Waals surface area contributed by atoms with E-state index in [-0.39, 0.29) is 31.0 Å². The minimum Gasteiger partial charge on any atom is -0.316 e. The molecule has 2 aromatic heterocycles. The lowest BCUT2D eigenvalue weighted by molar-refractivity contribution is -0.120. The number of imidazole rings is 1. The van der Waals surface area contributed by atoms with Crippen LogP contribution in [0.1, 0.15) is 53.1 Å². The van der Waals surface area contributed by atoms with E-state index in [9.17, 15) is 27.2 Å². The molecule has 9 heteroatoms. The Morgan fingerprint density at radius 1 is 0.902 bits per heavy atom. The molecule has 0 amide bonds. The largest absolute Gasteiger partial charge is 0.316 e. The highest BCUT2D eigenvalue weighted by Gasteiger charge is 2.25. The first-order chi connectivity index (χ1) is 19.7. The van der Waals surface area contributed by atoms with Crippen LogP contribution in [0.3, 0.4) is 0 Å². The number of alkyl halides is 2. The molecule has 41 heavy (non-hydrogen) atoms. The third-order valence-corrected chi connectivity index (χ3v) is 6.90. The number of Topliss-reactive ketones (excluding diaryl/α,β-unsaturated/α-hetero) is 2. The molecule has 0 radical (unpaired) electrons. The SMILES string of the molecule is CC(=O)c1cccc(-c2cccnc2[C@@H](CC(=O)Cn2c(C(F)F)nc3ccccc32)Cc2cc(F)cc(F)c2)c1. The molecule has 0 N–H and O–H groups in total. The van der Waals surface area contributed by atoms with E-state index in [0.29, 0.717) is 39.0 Å². The summed E-state index contributed by atoms with van der Waals surface area (Å²) in [6.45, 7) is 1.09. The molecule has 5 rings (SSSR count). The Bertz CT molecular complexity index is 1730. The van der Waals surface area contributed by atoms with Crippen molar-refractivity contribution < 1.29 is 27.2 Å². The van der Waals surface area contributed by atoms with Gasteiger partial charge in [0.15, 0.2) is 17.4 Å². The maximum absolute atomic E-state index is 14.1. The molecule has 0 aliphatic heterocycles. The molecule has 2 heterocycles. The number of hydrogen-bond acceptors (Lipinski definition) is 4. The van der Waals surface area contributed by atoms with E-state index >= 15 is 0 Å². The molecule has 0 bridgehead atoms. The van der Waals surface area contributed by atoms with E-state index in [0.717, 1.165) is 6.07 Å². The van der Waals surface area contributed by atoms with Crippen LogP contribution in [-0.4, -0.2) is 26.1 Å². The third kappa shape index (κ3) is 6.24. The number of benzene rings is 3. The molecule has 5 nitrogen and oxygen atoms in total. The molecule has 1 atom stereocenters. The number of hydrogen-bond donors (Lipinski definition) is 0. The standard InChI is InChI=1S/C32H25F4N3O2/c1-19(40)21-6-4-7-22(15-21)27-8-5-11-37-30(27)23(12-20-13-24(33)17-25(34)14-20)16-26(41)18-39-29-10-3-2-9-28(29)38-32(39)31(35)36/h2-11,13-15,17,23,31H,12,16,18H2,1H3/t23-/m1/s1. The van der Waals surface area contributed by atoms with E-state index in [1.807, 2.05) is 0 Å². The quantitative estimate of drug-likeness (QED) is 0.131. The highest BCUT2D eigenvalue weighted by Crippen LogP contribution is 2.34. The van der Waals surface area contributed by atoms with Crippen LogP contribution in [0, 0.1) is 11.6 Å². The molecule has 0 aliphatic carbocycles. The van der Waals surface area contributed by atoms with Crippen LogP contribution in [0.5, 0.6) is 0 Å². The van der Waals surface area contributed by atoms with Gasteiger partial charge in [-0.05, 0) is 60.9 Å². The zero-order valence-corrected chi connectivity index (χ0v) is 22.0. The van der Waals surface area contributed by atoms with Gasteiger partial charge >= 0.3 is 0 Å². The van der Waals surface area contributed by atoms with E-state index in [1.165, 1.54) is 23.6 Å². The van der Waals surface area contributed by atoms with Gasteiger partial charge in [0.1, 0.15) is 11.6 Å². The van der Waals surface area contributed by atoms with Crippen LogP contribution < -0.4 is 0 Å².